The summed E-state index contributed by atoms with van der Waals surface area (Å²) in [6.45, 7) is 14.1. The van der Waals surface area contributed by atoms with Crippen molar-refractivity contribution < 1.29 is 83.3 Å². The molecule has 0 aromatic heterocycles. The summed E-state index contributed by atoms with van der Waals surface area (Å²) in [7, 11) is 0. The van der Waals surface area contributed by atoms with Crippen LogP contribution in [-0.2, 0) is 69.2 Å². The van der Waals surface area contributed by atoms with Crippen molar-refractivity contribution in [3.8, 4) is 23.0 Å². The van der Waals surface area contributed by atoms with Crippen molar-refractivity contribution in [3.05, 3.63) is 213 Å². The lowest BCUT2D eigenvalue weighted by Gasteiger charge is -2.22. The van der Waals surface area contributed by atoms with Crippen LogP contribution in [0.1, 0.15) is 147 Å². The lowest BCUT2D eigenvalue weighted by Crippen LogP contribution is -2.23. The first-order valence-electron chi connectivity index (χ1n) is 29.6. The maximum Gasteiger partial charge on any atom is 0.426 e. The summed E-state index contributed by atoms with van der Waals surface area (Å²) in [5.41, 5.74) is 3.38. The monoisotopic (exact) mass is 1230 g/mol. The maximum atomic E-state index is 15.0. The molecular formula is C70H80F8O10. The maximum absolute atomic E-state index is 15.0. The molecule has 0 saturated heterocycles. The molecule has 6 aromatic rings. The van der Waals surface area contributed by atoms with E-state index in [9.17, 15) is 35.9 Å². The Morgan fingerprint density at radius 2 is 0.636 bits per heavy atom. The van der Waals surface area contributed by atoms with Gasteiger partial charge in [-0.25, -0.2) is 9.59 Å². The molecule has 0 spiro atoms. The van der Waals surface area contributed by atoms with Crippen LogP contribution in [0.3, 0.4) is 0 Å². The molecule has 0 aliphatic rings. The average Bonchev–Trinajstić information content (AvgIpc) is 2.80. The Bertz CT molecular complexity index is 3130. The topological polar surface area (TPSA) is 130 Å². The van der Waals surface area contributed by atoms with Gasteiger partial charge in [-0.1, -0.05) is 74.5 Å². The second kappa shape index (κ2) is 34.7. The van der Waals surface area contributed by atoms with E-state index in [0.29, 0.717) is 62.9 Å². The van der Waals surface area contributed by atoms with Crippen LogP contribution < -0.4 is 18.9 Å². The fourth-order valence-corrected chi connectivity index (χ4v) is 8.90. The van der Waals surface area contributed by atoms with Gasteiger partial charge in [-0.3, -0.25) is 0 Å². The van der Waals surface area contributed by atoms with E-state index >= 15 is 8.78 Å². The minimum atomic E-state index is -3.66. The number of hydrogen-bond donors (Lipinski definition) is 2. The summed E-state index contributed by atoms with van der Waals surface area (Å²) in [6.07, 6.45) is -2.29. The minimum absolute atomic E-state index is 0.138. The van der Waals surface area contributed by atoms with E-state index in [4.69, 9.17) is 38.6 Å². The standard InChI is InChI=1S/C39H44F4O6.C31H36F4O4/c1-27(2)36(44)46-24-10-6-8-12-30-14-18-32(19-15-30)38(40,41)48-34-22-23-35(29(5)26-34)49-39(42,43)33-20-16-31(17-21-33)13-9-7-11-25-47-37(45)28(3)4;1-23-22-28(38-30(32,33)26-14-10-24(11-15-26)8-4-2-6-20-36)18-19-29(23)39-31(34,35)27-16-12-25(13-17-27)9-5-3-7-21-37/h14-23,26H,1,3,6-13,24-25H2,2,4-5H3;10-19,22,36-37H,2-9,20-21H2,1H3. The normalized spacial score (nSPS) is 11.7. The van der Waals surface area contributed by atoms with Crippen LogP contribution >= 0.6 is 0 Å². The van der Waals surface area contributed by atoms with Gasteiger partial charge in [0, 0.05) is 24.4 Å². The van der Waals surface area contributed by atoms with E-state index in [2.05, 4.69) is 13.2 Å². The van der Waals surface area contributed by atoms with Crippen molar-refractivity contribution in [2.75, 3.05) is 26.4 Å². The zero-order valence-corrected chi connectivity index (χ0v) is 50.4. The van der Waals surface area contributed by atoms with Gasteiger partial charge in [0.05, 0.1) is 35.5 Å². The summed E-state index contributed by atoms with van der Waals surface area (Å²) in [5, 5.41) is 17.7. The summed E-state index contributed by atoms with van der Waals surface area (Å²) in [5.74, 6) is -1.52. The second-order valence-corrected chi connectivity index (χ2v) is 21.6. The molecule has 0 unspecified atom stereocenters. The highest BCUT2D eigenvalue weighted by Gasteiger charge is 2.39. The molecule has 0 aliphatic carbocycles. The largest absolute Gasteiger partial charge is 0.462 e. The minimum Gasteiger partial charge on any atom is -0.462 e. The van der Waals surface area contributed by atoms with Crippen molar-refractivity contribution in [1.29, 1.82) is 0 Å². The smallest absolute Gasteiger partial charge is 0.426 e. The van der Waals surface area contributed by atoms with Gasteiger partial charge in [0.25, 0.3) is 0 Å². The molecule has 0 atom stereocenters. The van der Waals surface area contributed by atoms with Gasteiger partial charge in [-0.05, 0) is 236 Å². The number of unbranched alkanes of at least 4 members (excludes halogenated alkanes) is 8. The number of ether oxygens (including phenoxy) is 6. The zero-order chi connectivity index (χ0) is 64.3. The van der Waals surface area contributed by atoms with Gasteiger partial charge in [0.2, 0.25) is 0 Å². The number of aliphatic hydroxyl groups is 2. The molecule has 0 fully saturated rings. The fourth-order valence-electron chi connectivity index (χ4n) is 8.90. The van der Waals surface area contributed by atoms with Crippen LogP contribution in [0.5, 0.6) is 23.0 Å². The van der Waals surface area contributed by atoms with Gasteiger partial charge in [-0.2, -0.15) is 35.1 Å². The SMILES string of the molecule is C=C(C)C(=O)OCCCCCc1ccc(C(F)(F)Oc2ccc(OC(F)(F)c3ccc(CCCCCOC(=O)C(=C)C)cc3)c(C)c2)cc1.Cc1cc(OC(F)(F)c2ccc(CCCCCO)cc2)ccc1OC(F)(F)c1ccc(CCCCCO)cc1. The molecule has 0 radical (unpaired) electrons. The Morgan fingerprint density at radius 1 is 0.375 bits per heavy atom. The Morgan fingerprint density at radius 3 is 0.886 bits per heavy atom. The Balaban J connectivity index is 0.000000329. The number of carbonyl (C=O) groups excluding carboxylic acids is 2. The van der Waals surface area contributed by atoms with Crippen LogP contribution in [0.15, 0.2) is 158 Å². The quantitative estimate of drug-likeness (QED) is 0.0170. The van der Waals surface area contributed by atoms with Crippen LogP contribution in [-0.4, -0.2) is 48.6 Å². The molecular weight excluding hydrogens is 1150 g/mol. The number of aryl methyl sites for hydroxylation is 6. The number of esters is 2. The number of rotatable bonds is 36. The molecule has 18 heteroatoms. The third-order valence-corrected chi connectivity index (χ3v) is 14.1. The number of halogens is 8. The number of alkyl halides is 8. The first-order chi connectivity index (χ1) is 41.8. The van der Waals surface area contributed by atoms with Gasteiger partial charge in [0.15, 0.2) is 0 Å². The molecule has 6 aromatic carbocycles. The molecule has 88 heavy (non-hydrogen) atoms. The molecule has 0 amide bonds. The van der Waals surface area contributed by atoms with Gasteiger partial charge in [-0.15, -0.1) is 0 Å². The number of benzene rings is 6. The summed E-state index contributed by atoms with van der Waals surface area (Å²) in [6, 6.07) is 30.6. The van der Waals surface area contributed by atoms with Gasteiger partial charge >= 0.3 is 36.4 Å². The highest BCUT2D eigenvalue weighted by atomic mass is 19.3. The Hall–Kier alpha value is -7.70. The molecule has 2 N–H and O–H groups in total. The molecule has 0 saturated carbocycles. The Kier molecular flexibility index (Phi) is 28.1. The highest BCUT2D eigenvalue weighted by Crippen LogP contribution is 2.40. The van der Waals surface area contributed by atoms with Crippen molar-refractivity contribution >= 4 is 11.9 Å². The van der Waals surface area contributed by atoms with E-state index in [1.54, 1.807) is 62.4 Å². The van der Waals surface area contributed by atoms with E-state index < -0.39 is 36.4 Å². The molecule has 476 valence electrons. The summed E-state index contributed by atoms with van der Waals surface area (Å²) in [4.78, 5) is 22.8. The van der Waals surface area contributed by atoms with Crippen LogP contribution in [0.25, 0.3) is 0 Å². The first-order valence-corrected chi connectivity index (χ1v) is 29.6. The molecule has 0 aliphatic heterocycles. The van der Waals surface area contributed by atoms with Crippen molar-refractivity contribution in [3.63, 3.8) is 0 Å². The third-order valence-electron chi connectivity index (χ3n) is 14.1. The van der Waals surface area contributed by atoms with Crippen LogP contribution in [0.4, 0.5) is 35.1 Å². The zero-order valence-electron chi connectivity index (χ0n) is 50.4. The molecule has 10 nitrogen and oxygen atoms in total. The van der Waals surface area contributed by atoms with E-state index in [1.165, 1.54) is 92.7 Å². The van der Waals surface area contributed by atoms with Crippen molar-refractivity contribution in [1.82, 2.24) is 0 Å². The molecule has 6 rings (SSSR count). The average molecular weight is 1230 g/mol. The predicted octanol–water partition coefficient (Wildman–Crippen LogP) is 17.6. The van der Waals surface area contributed by atoms with Crippen LogP contribution in [0.2, 0.25) is 0 Å². The van der Waals surface area contributed by atoms with E-state index in [1.807, 2.05) is 0 Å². The Labute approximate surface area is 511 Å². The fraction of sp³-hybridized carbons (Fsp3) is 0.400. The van der Waals surface area contributed by atoms with E-state index in [0.717, 1.165) is 92.5 Å². The summed E-state index contributed by atoms with van der Waals surface area (Å²) < 4.78 is 149. The van der Waals surface area contributed by atoms with Gasteiger partial charge < -0.3 is 38.6 Å². The number of hydrogen-bond acceptors (Lipinski definition) is 10. The number of aliphatic hydroxyl groups excluding tert-OH is 2. The van der Waals surface area contributed by atoms with Gasteiger partial charge in [0.1, 0.15) is 23.0 Å². The lowest BCUT2D eigenvalue weighted by atomic mass is 10.0. The first kappa shape index (κ1) is 71.1. The molecule has 0 bridgehead atoms. The second-order valence-electron chi connectivity index (χ2n) is 21.6. The molecule has 0 heterocycles. The van der Waals surface area contributed by atoms with E-state index in [-0.39, 0.29) is 69.6 Å². The summed E-state index contributed by atoms with van der Waals surface area (Å²) >= 11 is 0. The predicted molar refractivity (Wildman–Crippen MR) is 322 cm³/mol. The van der Waals surface area contributed by atoms with Crippen molar-refractivity contribution in [2.45, 2.75) is 155 Å². The highest BCUT2D eigenvalue weighted by molar-refractivity contribution is 5.87. The van der Waals surface area contributed by atoms with Crippen molar-refractivity contribution in [2.24, 2.45) is 0 Å². The number of carbonyl (C=O) groups is 2. The third kappa shape index (κ3) is 23.8. The lowest BCUT2D eigenvalue weighted by molar-refractivity contribution is -0.188. The van der Waals surface area contributed by atoms with Crippen LogP contribution in [0, 0.1) is 13.8 Å².